The van der Waals surface area contributed by atoms with Crippen LogP contribution in [0.2, 0.25) is 0 Å². The van der Waals surface area contributed by atoms with Crippen LogP contribution < -0.4 is 5.73 Å². The van der Waals surface area contributed by atoms with Crippen LogP contribution in [0.25, 0.3) is 0 Å². The molecule has 2 N–H and O–H groups in total. The molecule has 3 heteroatoms. The molecule has 24 heavy (non-hydrogen) atoms. The Morgan fingerprint density at radius 2 is 1.83 bits per heavy atom. The van der Waals surface area contributed by atoms with E-state index in [1.54, 1.807) is 6.07 Å². The molecule has 3 nitrogen and oxygen atoms in total. The molecule has 1 saturated heterocycles. The minimum Gasteiger partial charge on any atom is -0.366 e. The topological polar surface area (TPSA) is 46.3 Å². The highest BCUT2D eigenvalue weighted by atomic mass is 16.1. The van der Waals surface area contributed by atoms with Crippen LogP contribution in [0, 0.1) is 5.92 Å². The summed E-state index contributed by atoms with van der Waals surface area (Å²) < 4.78 is 0. The molecule has 0 radical (unpaired) electrons. The van der Waals surface area contributed by atoms with E-state index >= 15 is 0 Å². The smallest absolute Gasteiger partial charge is 0.248 e. The number of nitrogens with zero attached hydrogens (tertiary/aromatic N) is 1. The lowest BCUT2D eigenvalue weighted by molar-refractivity contribution is 0.1000. The first kappa shape index (κ1) is 15.4. The van der Waals surface area contributed by atoms with Crippen LogP contribution >= 0.6 is 0 Å². The van der Waals surface area contributed by atoms with Crippen molar-refractivity contribution < 1.29 is 4.79 Å². The van der Waals surface area contributed by atoms with Crippen molar-refractivity contribution >= 4 is 5.91 Å². The van der Waals surface area contributed by atoms with Gasteiger partial charge in [0.15, 0.2) is 0 Å². The van der Waals surface area contributed by atoms with Crippen molar-refractivity contribution in [1.82, 2.24) is 4.90 Å². The van der Waals surface area contributed by atoms with Gasteiger partial charge in [0.2, 0.25) is 5.91 Å². The molecule has 0 unspecified atom stereocenters. The van der Waals surface area contributed by atoms with E-state index in [-0.39, 0.29) is 5.91 Å². The van der Waals surface area contributed by atoms with Crippen molar-refractivity contribution in [2.45, 2.75) is 31.7 Å². The van der Waals surface area contributed by atoms with Crippen molar-refractivity contribution in [3.63, 3.8) is 0 Å². The number of hydrogen-bond acceptors (Lipinski definition) is 2. The van der Waals surface area contributed by atoms with Gasteiger partial charge in [-0.3, -0.25) is 9.69 Å². The number of fused-ring (bicyclic) bond motifs is 1. The summed E-state index contributed by atoms with van der Waals surface area (Å²) in [5.74, 6) is 0.338. The largest absolute Gasteiger partial charge is 0.366 e. The number of carbonyl (C=O) groups excluding carboxylic acids is 1. The first-order valence-corrected chi connectivity index (χ1v) is 8.88. The summed E-state index contributed by atoms with van der Waals surface area (Å²) in [6.07, 6.45) is 4.67. The van der Waals surface area contributed by atoms with Crippen LogP contribution in [0.4, 0.5) is 0 Å². The summed E-state index contributed by atoms with van der Waals surface area (Å²) in [5, 5.41) is 0. The molecule has 1 aliphatic carbocycles. The molecule has 2 aromatic rings. The maximum atomic E-state index is 11.3. The molecule has 1 atom stereocenters. The molecule has 1 fully saturated rings. The van der Waals surface area contributed by atoms with Gasteiger partial charge in [0.1, 0.15) is 0 Å². The van der Waals surface area contributed by atoms with Crippen molar-refractivity contribution in [2.75, 3.05) is 13.1 Å². The zero-order valence-corrected chi connectivity index (χ0v) is 13.9. The van der Waals surface area contributed by atoms with Crippen LogP contribution in [-0.2, 0) is 19.3 Å². The van der Waals surface area contributed by atoms with Gasteiger partial charge in [-0.15, -0.1) is 0 Å². The van der Waals surface area contributed by atoms with Crippen molar-refractivity contribution in [3.8, 4) is 0 Å². The van der Waals surface area contributed by atoms with Gasteiger partial charge in [-0.05, 0) is 67.0 Å². The summed E-state index contributed by atoms with van der Waals surface area (Å²) in [7, 11) is 0. The van der Waals surface area contributed by atoms with Crippen molar-refractivity contribution in [2.24, 2.45) is 11.7 Å². The second-order valence-corrected chi connectivity index (χ2v) is 7.25. The number of rotatable bonds is 4. The molecule has 0 bridgehead atoms. The number of likely N-dealkylation sites (tertiary alicyclic amines) is 1. The zero-order valence-electron chi connectivity index (χ0n) is 13.9. The normalized spacial score (nSPS) is 21.1. The minimum atomic E-state index is -0.339. The zero-order chi connectivity index (χ0) is 16.5. The van der Waals surface area contributed by atoms with Crippen LogP contribution in [0.3, 0.4) is 0 Å². The number of amides is 1. The average molecular weight is 320 g/mol. The van der Waals surface area contributed by atoms with Crippen LogP contribution in [-0.4, -0.2) is 29.9 Å². The highest BCUT2D eigenvalue weighted by Crippen LogP contribution is 2.30. The Balaban J connectivity index is 1.37. The van der Waals surface area contributed by atoms with E-state index in [1.807, 2.05) is 12.1 Å². The highest BCUT2D eigenvalue weighted by Gasteiger charge is 2.32. The predicted molar refractivity (Wildman–Crippen MR) is 96.0 cm³/mol. The summed E-state index contributed by atoms with van der Waals surface area (Å²) in [6.45, 7) is 2.36. The van der Waals surface area contributed by atoms with Gasteiger partial charge >= 0.3 is 0 Å². The molecule has 4 rings (SSSR count). The number of primary amides is 1. The number of nitrogens with two attached hydrogens (primary N) is 1. The Morgan fingerprint density at radius 1 is 1.08 bits per heavy atom. The van der Waals surface area contributed by atoms with E-state index < -0.39 is 0 Å². The second kappa shape index (κ2) is 6.40. The lowest BCUT2D eigenvalue weighted by Crippen LogP contribution is -2.34. The Bertz CT molecular complexity index is 730. The summed E-state index contributed by atoms with van der Waals surface area (Å²) in [6, 6.07) is 17.3. The fourth-order valence-electron chi connectivity index (χ4n) is 4.34. The third kappa shape index (κ3) is 3.09. The minimum absolute atomic E-state index is 0.339. The lowest BCUT2D eigenvalue weighted by Gasteiger charge is -2.23. The fraction of sp³-hybridized carbons (Fsp3) is 0.381. The van der Waals surface area contributed by atoms with Crippen LogP contribution in [0.1, 0.15) is 33.5 Å². The van der Waals surface area contributed by atoms with Gasteiger partial charge in [0.05, 0.1) is 0 Å². The van der Waals surface area contributed by atoms with Crippen LogP contribution in [0.15, 0.2) is 48.5 Å². The van der Waals surface area contributed by atoms with E-state index in [0.29, 0.717) is 17.5 Å². The molecule has 0 aromatic heterocycles. The van der Waals surface area contributed by atoms with Gasteiger partial charge in [0.25, 0.3) is 0 Å². The number of carbonyl (C=O) groups is 1. The predicted octanol–water partition coefficient (Wildman–Crippen LogP) is 2.82. The average Bonchev–Trinajstić information content (AvgIpc) is 3.21. The SMILES string of the molecule is NC(=O)c1cccc(C[C@H]2CCN(C3Cc4ccccc4C3)C2)c1. The fourth-order valence-corrected chi connectivity index (χ4v) is 4.34. The Morgan fingerprint density at radius 3 is 2.54 bits per heavy atom. The summed E-state index contributed by atoms with van der Waals surface area (Å²) in [5.41, 5.74) is 10.3. The standard InChI is InChI=1S/C21H24N2O/c22-21(24)19-7-3-4-15(11-19)10-16-8-9-23(14-16)20-12-17-5-1-2-6-18(17)13-20/h1-7,11,16,20H,8-10,12-14H2,(H2,22,24)/t16-/m1/s1. The van der Waals surface area contributed by atoms with E-state index in [9.17, 15) is 4.79 Å². The number of benzene rings is 2. The summed E-state index contributed by atoms with van der Waals surface area (Å²) in [4.78, 5) is 14.0. The van der Waals surface area contributed by atoms with Crippen molar-refractivity contribution in [1.29, 1.82) is 0 Å². The monoisotopic (exact) mass is 320 g/mol. The van der Waals surface area contributed by atoms with E-state index in [4.69, 9.17) is 5.73 Å². The Labute approximate surface area is 143 Å². The molecule has 124 valence electrons. The first-order chi connectivity index (χ1) is 11.7. The maximum Gasteiger partial charge on any atom is 0.248 e. The van der Waals surface area contributed by atoms with Gasteiger partial charge in [-0.1, -0.05) is 36.4 Å². The molecule has 2 aromatic carbocycles. The van der Waals surface area contributed by atoms with Gasteiger partial charge in [-0.2, -0.15) is 0 Å². The van der Waals surface area contributed by atoms with E-state index in [2.05, 4.69) is 35.2 Å². The molecule has 2 aliphatic rings. The quantitative estimate of drug-likeness (QED) is 0.941. The van der Waals surface area contributed by atoms with Crippen LogP contribution in [0.5, 0.6) is 0 Å². The summed E-state index contributed by atoms with van der Waals surface area (Å²) >= 11 is 0. The van der Waals surface area contributed by atoms with Gasteiger partial charge in [-0.25, -0.2) is 0 Å². The van der Waals surface area contributed by atoms with Gasteiger partial charge < -0.3 is 5.73 Å². The molecule has 1 aliphatic heterocycles. The molecular weight excluding hydrogens is 296 g/mol. The van der Waals surface area contributed by atoms with E-state index in [1.165, 1.54) is 49.0 Å². The maximum absolute atomic E-state index is 11.3. The first-order valence-electron chi connectivity index (χ1n) is 8.88. The van der Waals surface area contributed by atoms with E-state index in [0.717, 1.165) is 6.42 Å². The molecule has 1 amide bonds. The Hall–Kier alpha value is -2.13. The second-order valence-electron chi connectivity index (χ2n) is 7.25. The lowest BCUT2D eigenvalue weighted by atomic mass is 9.97. The molecule has 0 saturated carbocycles. The molecular formula is C21H24N2O. The molecule has 1 heterocycles. The van der Waals surface area contributed by atoms with Crippen molar-refractivity contribution in [3.05, 3.63) is 70.8 Å². The highest BCUT2D eigenvalue weighted by molar-refractivity contribution is 5.92. The third-order valence-corrected chi connectivity index (χ3v) is 5.60. The molecule has 0 spiro atoms. The third-order valence-electron chi connectivity index (χ3n) is 5.60. The number of hydrogen-bond donors (Lipinski definition) is 1. The Kier molecular flexibility index (Phi) is 4.11. The van der Waals surface area contributed by atoms with Gasteiger partial charge in [0, 0.05) is 18.2 Å².